The average Bonchev–Trinajstić information content (AvgIpc) is 2.59. The molecular weight excluding hydrogens is 316 g/mol. The number of aryl methyl sites for hydroxylation is 1. The number of carbonyl (C=O) groups excluding carboxylic acids is 1. The molecule has 8 heteroatoms. The van der Waals surface area contributed by atoms with E-state index in [2.05, 4.69) is 9.97 Å². The maximum absolute atomic E-state index is 12.4. The van der Waals surface area contributed by atoms with E-state index in [0.717, 1.165) is 25.7 Å². The molecule has 2 aliphatic heterocycles. The summed E-state index contributed by atoms with van der Waals surface area (Å²) >= 11 is 0. The molecule has 2 aliphatic rings. The molecule has 0 bridgehead atoms. The third-order valence-electron chi connectivity index (χ3n) is 3.95. The highest BCUT2D eigenvalue weighted by Gasteiger charge is 2.27. The first-order valence-corrected chi connectivity index (χ1v) is 8.35. The Labute approximate surface area is 139 Å². The van der Waals surface area contributed by atoms with E-state index < -0.39 is 24.1 Å². The largest absolute Gasteiger partial charge is 0.457 e. The summed E-state index contributed by atoms with van der Waals surface area (Å²) in [5.74, 6) is -0.566. The first-order chi connectivity index (χ1) is 11.6. The van der Waals surface area contributed by atoms with Crippen molar-refractivity contribution < 1.29 is 23.7 Å². The van der Waals surface area contributed by atoms with Crippen molar-refractivity contribution in [3.8, 4) is 5.75 Å². The number of H-pyrrole nitrogens is 1. The molecule has 0 saturated carbocycles. The van der Waals surface area contributed by atoms with Gasteiger partial charge < -0.3 is 23.9 Å². The number of rotatable bonds is 4. The van der Waals surface area contributed by atoms with Gasteiger partial charge in [-0.15, -0.1) is 0 Å². The summed E-state index contributed by atoms with van der Waals surface area (Å²) in [5.41, 5.74) is -0.659. The second-order valence-electron chi connectivity index (χ2n) is 5.94. The van der Waals surface area contributed by atoms with Crippen LogP contribution in [0.4, 0.5) is 0 Å². The van der Waals surface area contributed by atoms with Crippen molar-refractivity contribution in [3.63, 3.8) is 0 Å². The summed E-state index contributed by atoms with van der Waals surface area (Å²) in [5, 5.41) is 0. The fourth-order valence-corrected chi connectivity index (χ4v) is 2.74. The molecule has 8 nitrogen and oxygen atoms in total. The van der Waals surface area contributed by atoms with E-state index in [0.29, 0.717) is 31.9 Å². The summed E-state index contributed by atoms with van der Waals surface area (Å²) in [6, 6.07) is 0. The molecule has 0 aliphatic carbocycles. The van der Waals surface area contributed by atoms with Crippen LogP contribution >= 0.6 is 0 Å². The molecule has 132 valence electrons. The molecule has 0 aromatic carbocycles. The number of nitrogens with one attached hydrogen (secondary N) is 1. The molecule has 0 spiro atoms. The SMILES string of the molecule is Cc1nc(C(=O)OC2CCCCO2)c(OC2CCCCO2)c(=O)[nH]1. The van der Waals surface area contributed by atoms with E-state index in [1.807, 2.05) is 0 Å². The number of hydrogen-bond donors (Lipinski definition) is 1. The average molecular weight is 338 g/mol. The molecule has 0 radical (unpaired) electrons. The Balaban J connectivity index is 1.79. The zero-order chi connectivity index (χ0) is 16.9. The normalized spacial score (nSPS) is 24.4. The highest BCUT2D eigenvalue weighted by molar-refractivity contribution is 5.90. The minimum atomic E-state index is -0.720. The van der Waals surface area contributed by atoms with Crippen molar-refractivity contribution in [2.45, 2.75) is 58.0 Å². The topological polar surface area (TPSA) is 99.7 Å². The lowest BCUT2D eigenvalue weighted by Crippen LogP contribution is -2.31. The monoisotopic (exact) mass is 338 g/mol. The second kappa shape index (κ2) is 7.76. The van der Waals surface area contributed by atoms with Gasteiger partial charge in [-0.2, -0.15) is 0 Å². The van der Waals surface area contributed by atoms with Crippen molar-refractivity contribution >= 4 is 5.97 Å². The van der Waals surface area contributed by atoms with Crippen molar-refractivity contribution in [2.24, 2.45) is 0 Å². The van der Waals surface area contributed by atoms with Crippen molar-refractivity contribution in [3.05, 3.63) is 21.9 Å². The Morgan fingerprint density at radius 3 is 2.42 bits per heavy atom. The summed E-state index contributed by atoms with van der Waals surface area (Å²) in [4.78, 5) is 31.3. The zero-order valence-corrected chi connectivity index (χ0v) is 13.7. The van der Waals surface area contributed by atoms with Crippen molar-refractivity contribution in [1.82, 2.24) is 9.97 Å². The van der Waals surface area contributed by atoms with Crippen LogP contribution in [0.1, 0.15) is 54.8 Å². The van der Waals surface area contributed by atoms with Crippen LogP contribution in [-0.2, 0) is 14.2 Å². The summed E-state index contributed by atoms with van der Waals surface area (Å²) < 4.78 is 21.8. The van der Waals surface area contributed by atoms with Gasteiger partial charge in [0.15, 0.2) is 12.0 Å². The lowest BCUT2D eigenvalue weighted by molar-refractivity contribution is -0.131. The molecule has 1 N–H and O–H groups in total. The predicted octanol–water partition coefficient (Wildman–Crippen LogP) is 1.67. The lowest BCUT2D eigenvalue weighted by atomic mass is 10.2. The summed E-state index contributed by atoms with van der Waals surface area (Å²) in [7, 11) is 0. The van der Waals surface area contributed by atoms with Gasteiger partial charge in [-0.1, -0.05) is 0 Å². The Hall–Kier alpha value is -1.93. The number of aromatic nitrogens is 2. The molecule has 1 aromatic rings. The Morgan fingerprint density at radius 1 is 1.12 bits per heavy atom. The smallest absolute Gasteiger partial charge is 0.363 e. The van der Waals surface area contributed by atoms with Gasteiger partial charge in [-0.05, 0) is 32.6 Å². The standard InChI is InChI=1S/C16H22N2O6/c1-10-17-13(16(20)24-12-7-3-5-9-22-12)14(15(19)18-10)23-11-6-2-4-8-21-11/h11-12H,2-9H2,1H3,(H,17,18,19). The van der Waals surface area contributed by atoms with E-state index in [-0.39, 0.29) is 11.4 Å². The van der Waals surface area contributed by atoms with Gasteiger partial charge in [0, 0.05) is 12.8 Å². The summed E-state index contributed by atoms with van der Waals surface area (Å²) in [6.45, 7) is 2.72. The van der Waals surface area contributed by atoms with E-state index in [1.54, 1.807) is 6.92 Å². The quantitative estimate of drug-likeness (QED) is 0.833. The maximum atomic E-state index is 12.4. The number of ether oxygens (including phenoxy) is 4. The van der Waals surface area contributed by atoms with Crippen molar-refractivity contribution in [2.75, 3.05) is 13.2 Å². The number of nitrogens with zero attached hydrogens (tertiary/aromatic N) is 1. The van der Waals surface area contributed by atoms with Crippen LogP contribution in [0.15, 0.2) is 4.79 Å². The molecule has 3 rings (SSSR count). The van der Waals surface area contributed by atoms with Crippen LogP contribution in [0.25, 0.3) is 0 Å². The van der Waals surface area contributed by atoms with Crippen LogP contribution in [0.2, 0.25) is 0 Å². The molecular formula is C16H22N2O6. The Bertz CT molecular complexity index is 632. The first kappa shape index (κ1) is 16.9. The predicted molar refractivity (Wildman–Crippen MR) is 82.8 cm³/mol. The van der Waals surface area contributed by atoms with Gasteiger partial charge in [0.05, 0.1) is 13.2 Å². The zero-order valence-electron chi connectivity index (χ0n) is 13.7. The number of hydrogen-bond acceptors (Lipinski definition) is 7. The van der Waals surface area contributed by atoms with Crippen molar-refractivity contribution in [1.29, 1.82) is 0 Å². The van der Waals surface area contributed by atoms with E-state index in [4.69, 9.17) is 18.9 Å². The van der Waals surface area contributed by atoms with E-state index >= 15 is 0 Å². The minimum absolute atomic E-state index is 0.139. The molecule has 2 saturated heterocycles. The number of carbonyl (C=O) groups is 1. The third kappa shape index (κ3) is 4.12. The molecule has 2 unspecified atom stereocenters. The maximum Gasteiger partial charge on any atom is 0.363 e. The van der Waals surface area contributed by atoms with Gasteiger partial charge in [0.25, 0.3) is 5.56 Å². The fraction of sp³-hybridized carbons (Fsp3) is 0.688. The molecule has 3 heterocycles. The van der Waals surface area contributed by atoms with Gasteiger partial charge in [0.2, 0.25) is 12.0 Å². The van der Waals surface area contributed by atoms with Gasteiger partial charge in [0.1, 0.15) is 5.82 Å². The van der Waals surface area contributed by atoms with Crippen LogP contribution in [0.3, 0.4) is 0 Å². The van der Waals surface area contributed by atoms with Gasteiger partial charge >= 0.3 is 5.97 Å². The number of aromatic amines is 1. The molecule has 2 atom stereocenters. The minimum Gasteiger partial charge on any atom is -0.457 e. The molecule has 0 amide bonds. The van der Waals surface area contributed by atoms with Gasteiger partial charge in [-0.25, -0.2) is 9.78 Å². The highest BCUT2D eigenvalue weighted by atomic mass is 16.7. The lowest BCUT2D eigenvalue weighted by Gasteiger charge is -2.24. The number of esters is 1. The Kier molecular flexibility index (Phi) is 5.47. The Morgan fingerprint density at radius 2 is 1.79 bits per heavy atom. The molecule has 2 fully saturated rings. The first-order valence-electron chi connectivity index (χ1n) is 8.35. The van der Waals surface area contributed by atoms with Crippen LogP contribution < -0.4 is 10.3 Å². The highest BCUT2D eigenvalue weighted by Crippen LogP contribution is 2.21. The third-order valence-corrected chi connectivity index (χ3v) is 3.95. The van der Waals surface area contributed by atoms with Crippen LogP contribution in [-0.4, -0.2) is 41.7 Å². The van der Waals surface area contributed by atoms with Gasteiger partial charge in [-0.3, -0.25) is 4.79 Å². The fourth-order valence-electron chi connectivity index (χ4n) is 2.74. The summed E-state index contributed by atoms with van der Waals surface area (Å²) in [6.07, 6.45) is 3.91. The molecule has 24 heavy (non-hydrogen) atoms. The van der Waals surface area contributed by atoms with Crippen LogP contribution in [0, 0.1) is 6.92 Å². The molecule has 1 aromatic heterocycles. The van der Waals surface area contributed by atoms with E-state index in [1.165, 1.54) is 0 Å². The second-order valence-corrected chi connectivity index (χ2v) is 5.94. The van der Waals surface area contributed by atoms with E-state index in [9.17, 15) is 9.59 Å². The van der Waals surface area contributed by atoms with Crippen LogP contribution in [0.5, 0.6) is 5.75 Å².